The molecular formula is C11H28F6O3Si4. The van der Waals surface area contributed by atoms with Crippen LogP contribution in [0.15, 0.2) is 0 Å². The third-order valence-corrected chi connectivity index (χ3v) is 10.6. The van der Waals surface area contributed by atoms with Crippen LogP contribution in [0.1, 0.15) is 12.8 Å². The summed E-state index contributed by atoms with van der Waals surface area (Å²) in [4.78, 5) is 8.19. The summed E-state index contributed by atoms with van der Waals surface area (Å²) in [5.41, 5.74) is 0. The van der Waals surface area contributed by atoms with Gasteiger partial charge in [0.15, 0.2) is 27.1 Å². The minimum Gasteiger partial charge on any atom is -0.441 e. The van der Waals surface area contributed by atoms with E-state index in [4.69, 9.17) is 13.0 Å². The first-order chi connectivity index (χ1) is 10.6. The highest BCUT2D eigenvalue weighted by atomic mass is 28.4. The highest BCUT2D eigenvalue weighted by molar-refractivity contribution is 6.67. The van der Waals surface area contributed by atoms with Gasteiger partial charge in [0, 0.05) is 12.8 Å². The van der Waals surface area contributed by atoms with Crippen LogP contribution in [0.4, 0.5) is 26.3 Å². The number of rotatable bonds is 8. The predicted molar refractivity (Wildman–Crippen MR) is 93.3 cm³/mol. The zero-order valence-corrected chi connectivity index (χ0v) is 19.3. The van der Waals surface area contributed by atoms with Crippen LogP contribution < -0.4 is 0 Å². The van der Waals surface area contributed by atoms with E-state index in [0.717, 1.165) is 0 Å². The second kappa shape index (κ2) is 12.6. The fraction of sp³-hybridized carbons (Fsp3) is 1.00. The first-order valence-electron chi connectivity index (χ1n) is 7.75. The second-order valence-electron chi connectivity index (χ2n) is 5.96. The molecule has 0 aromatic rings. The summed E-state index contributed by atoms with van der Waals surface area (Å²) in [6.07, 6.45) is -10.5. The average molecular weight is 435 g/mol. The fourth-order valence-electron chi connectivity index (χ4n) is 1.45. The molecule has 13 heteroatoms. The molecule has 3 nitrogen and oxygen atoms in total. The van der Waals surface area contributed by atoms with E-state index in [2.05, 4.69) is 0 Å². The van der Waals surface area contributed by atoms with Crippen LogP contribution in [0.2, 0.25) is 44.8 Å². The highest BCUT2D eigenvalue weighted by Crippen LogP contribution is 2.25. The predicted octanol–water partition coefficient (Wildman–Crippen LogP) is 3.44. The van der Waals surface area contributed by atoms with Crippen molar-refractivity contribution in [2.75, 3.05) is 0 Å². The van der Waals surface area contributed by atoms with Crippen LogP contribution >= 0.6 is 0 Å². The van der Waals surface area contributed by atoms with Crippen molar-refractivity contribution in [2.24, 2.45) is 0 Å². The molecule has 0 saturated carbocycles. The third-order valence-electron chi connectivity index (χ3n) is 2.31. The van der Waals surface area contributed by atoms with Gasteiger partial charge in [-0.05, 0) is 44.8 Å². The molecule has 0 aliphatic rings. The molecule has 148 valence electrons. The highest BCUT2D eigenvalue weighted by Gasteiger charge is 2.32. The third kappa shape index (κ3) is 24.6. The second-order valence-corrected chi connectivity index (χ2v) is 16.1. The van der Waals surface area contributed by atoms with E-state index >= 15 is 0 Å². The van der Waals surface area contributed by atoms with Crippen LogP contribution in [-0.2, 0) is 8.23 Å². The SMILES string of the molecule is C[SiH](C)O.C[SiH](C)O[SiH](CCC(F)(F)F)O[SiH](C)CCC(F)(F)F. The molecule has 0 aliphatic carbocycles. The Hall–Kier alpha value is 0.328. The van der Waals surface area contributed by atoms with Crippen LogP contribution in [0, 0.1) is 0 Å². The van der Waals surface area contributed by atoms with Gasteiger partial charge in [0.2, 0.25) is 0 Å². The van der Waals surface area contributed by atoms with E-state index in [-0.39, 0.29) is 12.1 Å². The normalized spacial score (nSPS) is 15.2. The van der Waals surface area contributed by atoms with Gasteiger partial charge >= 0.3 is 21.6 Å². The molecule has 0 fully saturated rings. The summed E-state index contributed by atoms with van der Waals surface area (Å²) in [6.45, 7) is 8.91. The molecule has 0 spiro atoms. The lowest BCUT2D eigenvalue weighted by molar-refractivity contribution is -0.131. The minimum atomic E-state index is -4.28. The van der Waals surface area contributed by atoms with Crippen molar-refractivity contribution >= 4 is 36.4 Å². The minimum absolute atomic E-state index is 0.123. The van der Waals surface area contributed by atoms with Crippen molar-refractivity contribution in [3.8, 4) is 0 Å². The topological polar surface area (TPSA) is 38.7 Å². The van der Waals surface area contributed by atoms with Crippen molar-refractivity contribution in [1.82, 2.24) is 0 Å². The largest absolute Gasteiger partial charge is 0.441 e. The van der Waals surface area contributed by atoms with Crippen molar-refractivity contribution in [3.63, 3.8) is 0 Å². The number of hydrogen-bond donors (Lipinski definition) is 1. The van der Waals surface area contributed by atoms with Gasteiger partial charge in [-0.1, -0.05) is 0 Å². The van der Waals surface area contributed by atoms with E-state index in [0.29, 0.717) is 0 Å². The van der Waals surface area contributed by atoms with E-state index in [1.807, 2.05) is 13.1 Å². The molecule has 0 aromatic heterocycles. The maximum Gasteiger partial charge on any atom is 0.389 e. The smallest absolute Gasteiger partial charge is 0.389 e. The quantitative estimate of drug-likeness (QED) is 0.470. The fourth-order valence-corrected chi connectivity index (χ4v) is 9.71. The lowest BCUT2D eigenvalue weighted by Crippen LogP contribution is -2.35. The maximum atomic E-state index is 12.2. The van der Waals surface area contributed by atoms with Crippen molar-refractivity contribution in [1.29, 1.82) is 0 Å². The molecule has 0 rings (SSSR count). The van der Waals surface area contributed by atoms with Crippen LogP contribution in [-0.4, -0.2) is 53.6 Å². The Labute approximate surface area is 146 Å². The molecule has 0 amide bonds. The van der Waals surface area contributed by atoms with Gasteiger partial charge in [0.25, 0.3) is 0 Å². The number of alkyl halides is 6. The molecule has 0 aromatic carbocycles. The maximum absolute atomic E-state index is 12.2. The molecule has 2 unspecified atom stereocenters. The molecule has 1 N–H and O–H groups in total. The summed E-state index contributed by atoms with van der Waals surface area (Å²) in [5, 5.41) is 0. The zero-order chi connectivity index (χ0) is 19.6. The van der Waals surface area contributed by atoms with Gasteiger partial charge in [-0.25, -0.2) is 0 Å². The Morgan fingerprint density at radius 3 is 1.46 bits per heavy atom. The van der Waals surface area contributed by atoms with Crippen molar-refractivity contribution in [3.05, 3.63) is 0 Å². The monoisotopic (exact) mass is 434 g/mol. The average Bonchev–Trinajstić information content (AvgIpc) is 2.30. The lowest BCUT2D eigenvalue weighted by atomic mass is 10.5. The first kappa shape index (κ1) is 26.6. The number of halogens is 6. The zero-order valence-electron chi connectivity index (χ0n) is 14.7. The summed E-state index contributed by atoms with van der Waals surface area (Å²) >= 11 is 0. The summed E-state index contributed by atoms with van der Waals surface area (Å²) in [7, 11) is -7.33. The van der Waals surface area contributed by atoms with Crippen molar-refractivity contribution in [2.45, 2.75) is 70.0 Å². The van der Waals surface area contributed by atoms with E-state index in [1.54, 1.807) is 19.6 Å². The first-order valence-corrected chi connectivity index (χ1v) is 17.6. The van der Waals surface area contributed by atoms with Crippen LogP contribution in [0.25, 0.3) is 0 Å². The van der Waals surface area contributed by atoms with Gasteiger partial charge in [-0.2, -0.15) is 26.3 Å². The van der Waals surface area contributed by atoms with Crippen molar-refractivity contribution < 1.29 is 39.4 Å². The van der Waals surface area contributed by atoms with E-state index < -0.39 is 61.6 Å². The van der Waals surface area contributed by atoms with E-state index in [1.165, 1.54) is 0 Å². The Bertz CT molecular complexity index is 312. The van der Waals surface area contributed by atoms with Crippen LogP contribution in [0.3, 0.4) is 0 Å². The molecule has 0 aliphatic heterocycles. The standard InChI is InChI=1S/C9H20F6O2Si3.C2H8OSi/c1-18(2)16-20(7-5-9(13,14)15)17-19(3)6-4-8(10,11)12;1-4(2)3/h18-20H,4-7H2,1-3H3;3-4H,1-2H3. The lowest BCUT2D eigenvalue weighted by Gasteiger charge is -2.23. The Kier molecular flexibility index (Phi) is 14.0. The van der Waals surface area contributed by atoms with Gasteiger partial charge < -0.3 is 13.0 Å². The Morgan fingerprint density at radius 2 is 1.12 bits per heavy atom. The molecule has 24 heavy (non-hydrogen) atoms. The van der Waals surface area contributed by atoms with Gasteiger partial charge in [-0.15, -0.1) is 0 Å². The van der Waals surface area contributed by atoms with Gasteiger partial charge in [0.1, 0.15) is 0 Å². The Morgan fingerprint density at radius 1 is 0.750 bits per heavy atom. The molecule has 0 saturated heterocycles. The molecule has 0 heterocycles. The van der Waals surface area contributed by atoms with Crippen LogP contribution in [0.5, 0.6) is 0 Å². The summed E-state index contributed by atoms with van der Waals surface area (Å²) < 4.78 is 83.7. The molecular weight excluding hydrogens is 406 g/mol. The molecule has 0 radical (unpaired) electrons. The molecule has 2 atom stereocenters. The van der Waals surface area contributed by atoms with Gasteiger partial charge in [0.05, 0.1) is 0 Å². The molecule has 0 bridgehead atoms. The summed E-state index contributed by atoms with van der Waals surface area (Å²) in [6, 6.07) is -0.347. The number of hydrogen-bond acceptors (Lipinski definition) is 3. The Balaban J connectivity index is 0. The summed E-state index contributed by atoms with van der Waals surface area (Å²) in [5.74, 6) is 0. The van der Waals surface area contributed by atoms with E-state index in [9.17, 15) is 26.3 Å². The van der Waals surface area contributed by atoms with Gasteiger partial charge in [-0.3, -0.25) is 0 Å².